The van der Waals surface area contributed by atoms with E-state index in [9.17, 15) is 0 Å². The monoisotopic (exact) mass is 192 g/mol. The average molecular weight is 192 g/mol. The molecule has 0 spiro atoms. The molecule has 0 aliphatic rings. The van der Waals surface area contributed by atoms with Crippen molar-refractivity contribution in [3.05, 3.63) is 48.7 Å². The molecule has 0 radical (unpaired) electrons. The second kappa shape index (κ2) is 4.28. The molecule has 0 saturated heterocycles. The predicted molar refractivity (Wildman–Crippen MR) is 58.9 cm³/mol. The molecule has 0 fully saturated rings. The Bertz CT molecular complexity index is 267. The van der Waals surface area contributed by atoms with Crippen molar-refractivity contribution in [3.63, 3.8) is 0 Å². The van der Waals surface area contributed by atoms with Crippen LogP contribution in [0.2, 0.25) is 13.1 Å². The fraction of sp³-hybridized carbons (Fsp3) is 0.273. The van der Waals surface area contributed by atoms with Crippen LogP contribution in [0.3, 0.4) is 0 Å². The Morgan fingerprint density at radius 1 is 1.31 bits per heavy atom. The molecule has 1 aromatic rings. The highest BCUT2D eigenvalue weighted by atomic mass is 28.4. The van der Waals surface area contributed by atoms with Gasteiger partial charge in [-0.05, 0) is 18.7 Å². The standard InChI is InChI=1S/C11H16OSi/c1-4-12-13(2,3)10-11-8-6-5-7-9-11/h4-9H,1,10H2,2-3H3. The van der Waals surface area contributed by atoms with E-state index < -0.39 is 8.32 Å². The lowest BCUT2D eigenvalue weighted by Gasteiger charge is -2.20. The third-order valence-electron chi connectivity index (χ3n) is 1.88. The van der Waals surface area contributed by atoms with Gasteiger partial charge in [0.15, 0.2) is 0 Å². The SMILES string of the molecule is C=CO[Si](C)(C)Cc1ccccc1. The second-order valence-electron chi connectivity index (χ2n) is 3.71. The molecule has 0 aromatic heterocycles. The lowest BCUT2D eigenvalue weighted by molar-refractivity contribution is 0.473. The normalized spacial score (nSPS) is 10.9. The highest BCUT2D eigenvalue weighted by molar-refractivity contribution is 6.70. The number of hydrogen-bond donors (Lipinski definition) is 0. The van der Waals surface area contributed by atoms with Crippen LogP contribution >= 0.6 is 0 Å². The molecule has 70 valence electrons. The summed E-state index contributed by atoms with van der Waals surface area (Å²) in [4.78, 5) is 0. The van der Waals surface area contributed by atoms with E-state index in [1.165, 1.54) is 5.56 Å². The molecule has 1 nitrogen and oxygen atoms in total. The van der Waals surface area contributed by atoms with Crippen molar-refractivity contribution in [3.8, 4) is 0 Å². The van der Waals surface area contributed by atoms with Crippen LogP contribution in [-0.4, -0.2) is 8.32 Å². The molecular weight excluding hydrogens is 176 g/mol. The molecule has 0 amide bonds. The van der Waals surface area contributed by atoms with E-state index in [-0.39, 0.29) is 0 Å². The van der Waals surface area contributed by atoms with Gasteiger partial charge in [0.1, 0.15) is 0 Å². The van der Waals surface area contributed by atoms with E-state index >= 15 is 0 Å². The van der Waals surface area contributed by atoms with Gasteiger partial charge in [-0.1, -0.05) is 36.9 Å². The van der Waals surface area contributed by atoms with Gasteiger partial charge in [0, 0.05) is 6.04 Å². The van der Waals surface area contributed by atoms with Crippen LogP contribution in [0.15, 0.2) is 43.2 Å². The molecule has 0 unspecified atom stereocenters. The molecule has 13 heavy (non-hydrogen) atoms. The maximum absolute atomic E-state index is 5.54. The molecule has 1 aromatic carbocycles. The molecule has 1 rings (SSSR count). The molecule has 0 N–H and O–H groups in total. The van der Waals surface area contributed by atoms with E-state index in [2.05, 4.69) is 43.9 Å². The Balaban J connectivity index is 2.63. The third-order valence-corrected chi connectivity index (χ3v) is 3.94. The van der Waals surface area contributed by atoms with E-state index in [0.717, 1.165) is 6.04 Å². The summed E-state index contributed by atoms with van der Waals surface area (Å²) in [6.45, 7) is 7.99. The fourth-order valence-corrected chi connectivity index (χ4v) is 3.11. The molecule has 0 bridgehead atoms. The van der Waals surface area contributed by atoms with E-state index in [1.54, 1.807) is 6.26 Å². The summed E-state index contributed by atoms with van der Waals surface area (Å²) in [6.07, 6.45) is 1.56. The minimum absolute atomic E-state index is 1.04. The number of hydrogen-bond acceptors (Lipinski definition) is 1. The summed E-state index contributed by atoms with van der Waals surface area (Å²) in [7, 11) is -1.56. The van der Waals surface area contributed by atoms with Gasteiger partial charge < -0.3 is 4.43 Å². The first kappa shape index (κ1) is 10.1. The van der Waals surface area contributed by atoms with Gasteiger partial charge in [-0.25, -0.2) is 0 Å². The number of rotatable bonds is 4. The van der Waals surface area contributed by atoms with Crippen molar-refractivity contribution >= 4 is 8.32 Å². The predicted octanol–water partition coefficient (Wildman–Crippen LogP) is 3.13. The zero-order valence-corrected chi connectivity index (χ0v) is 9.29. The van der Waals surface area contributed by atoms with Crippen LogP contribution in [0.5, 0.6) is 0 Å². The van der Waals surface area contributed by atoms with Crippen molar-refractivity contribution in [2.45, 2.75) is 19.1 Å². The lowest BCUT2D eigenvalue weighted by Crippen LogP contribution is -2.31. The summed E-state index contributed by atoms with van der Waals surface area (Å²) >= 11 is 0. The third kappa shape index (κ3) is 3.47. The Kier molecular flexibility index (Phi) is 3.31. The van der Waals surface area contributed by atoms with E-state index in [4.69, 9.17) is 4.43 Å². The summed E-state index contributed by atoms with van der Waals surface area (Å²) < 4.78 is 5.54. The molecule has 0 aliphatic carbocycles. The van der Waals surface area contributed by atoms with Crippen molar-refractivity contribution < 1.29 is 4.43 Å². The van der Waals surface area contributed by atoms with Crippen molar-refractivity contribution in [1.82, 2.24) is 0 Å². The lowest BCUT2D eigenvalue weighted by atomic mass is 10.2. The zero-order valence-electron chi connectivity index (χ0n) is 8.29. The van der Waals surface area contributed by atoms with Crippen LogP contribution in [-0.2, 0) is 10.5 Å². The largest absolute Gasteiger partial charge is 0.550 e. The summed E-state index contributed by atoms with van der Waals surface area (Å²) in [6, 6.07) is 11.5. The van der Waals surface area contributed by atoms with E-state index in [1.807, 2.05) is 6.07 Å². The van der Waals surface area contributed by atoms with Gasteiger partial charge in [0.2, 0.25) is 8.32 Å². The minimum Gasteiger partial charge on any atom is -0.550 e. The maximum Gasteiger partial charge on any atom is 0.248 e. The van der Waals surface area contributed by atoms with Crippen molar-refractivity contribution in [2.24, 2.45) is 0 Å². The van der Waals surface area contributed by atoms with Gasteiger partial charge in [-0.15, -0.1) is 0 Å². The van der Waals surface area contributed by atoms with Gasteiger partial charge in [-0.3, -0.25) is 0 Å². The summed E-state index contributed by atoms with van der Waals surface area (Å²) in [5.74, 6) is 0. The quantitative estimate of drug-likeness (QED) is 0.526. The highest BCUT2D eigenvalue weighted by Crippen LogP contribution is 2.12. The van der Waals surface area contributed by atoms with Crippen molar-refractivity contribution in [1.29, 1.82) is 0 Å². The summed E-state index contributed by atoms with van der Waals surface area (Å²) in [5.41, 5.74) is 1.35. The van der Waals surface area contributed by atoms with Crippen LogP contribution in [0.1, 0.15) is 5.56 Å². The smallest absolute Gasteiger partial charge is 0.248 e. The minimum atomic E-state index is -1.56. The number of benzene rings is 1. The van der Waals surface area contributed by atoms with Gasteiger partial charge in [0.25, 0.3) is 0 Å². The van der Waals surface area contributed by atoms with Crippen LogP contribution in [0.25, 0.3) is 0 Å². The van der Waals surface area contributed by atoms with Crippen LogP contribution in [0.4, 0.5) is 0 Å². The fourth-order valence-electron chi connectivity index (χ4n) is 1.35. The van der Waals surface area contributed by atoms with Crippen LogP contribution in [0, 0.1) is 0 Å². The van der Waals surface area contributed by atoms with Crippen molar-refractivity contribution in [2.75, 3.05) is 0 Å². The summed E-state index contributed by atoms with van der Waals surface area (Å²) in [5, 5.41) is 0. The molecular formula is C11H16OSi. The Hall–Kier alpha value is -1.02. The van der Waals surface area contributed by atoms with Gasteiger partial charge >= 0.3 is 0 Å². The molecule has 2 heteroatoms. The first-order chi connectivity index (χ1) is 6.14. The molecule has 0 saturated carbocycles. The van der Waals surface area contributed by atoms with Gasteiger partial charge in [0.05, 0.1) is 6.26 Å². The van der Waals surface area contributed by atoms with Crippen LogP contribution < -0.4 is 0 Å². The maximum atomic E-state index is 5.54. The Labute approximate surface area is 81.2 Å². The average Bonchev–Trinajstić information content (AvgIpc) is 2.04. The first-order valence-electron chi connectivity index (χ1n) is 4.47. The first-order valence-corrected chi connectivity index (χ1v) is 7.58. The molecule has 0 heterocycles. The Morgan fingerprint density at radius 2 is 1.92 bits per heavy atom. The molecule has 0 atom stereocenters. The highest BCUT2D eigenvalue weighted by Gasteiger charge is 2.22. The second-order valence-corrected chi connectivity index (χ2v) is 7.82. The molecule has 0 aliphatic heterocycles. The Morgan fingerprint density at radius 3 is 2.46 bits per heavy atom. The topological polar surface area (TPSA) is 9.23 Å². The van der Waals surface area contributed by atoms with Gasteiger partial charge in [-0.2, -0.15) is 0 Å². The zero-order chi connectivity index (χ0) is 9.73. The van der Waals surface area contributed by atoms with E-state index in [0.29, 0.717) is 0 Å².